The van der Waals surface area contributed by atoms with Crippen LogP contribution in [-0.4, -0.2) is 28.2 Å². The fraction of sp³-hybridized carbons (Fsp3) is 0.107. The van der Waals surface area contributed by atoms with Crippen molar-refractivity contribution in [3.8, 4) is 17.0 Å². The molecule has 0 atom stereocenters. The second-order valence-corrected chi connectivity index (χ2v) is 8.74. The van der Waals surface area contributed by atoms with Crippen LogP contribution in [0.5, 0.6) is 5.75 Å². The number of hydrogen-bond acceptors (Lipinski definition) is 6. The number of para-hydroxylation sites is 2. The quantitative estimate of drug-likeness (QED) is 0.317. The van der Waals surface area contributed by atoms with Crippen molar-refractivity contribution in [3.05, 3.63) is 113 Å². The molecule has 0 radical (unpaired) electrons. The number of anilines is 1. The van der Waals surface area contributed by atoms with Gasteiger partial charge >= 0.3 is 0 Å². The molecular weight excluding hydrogens is 456 g/mol. The second-order valence-electron chi connectivity index (χ2n) is 7.80. The van der Waals surface area contributed by atoms with E-state index in [1.165, 1.54) is 16.3 Å². The summed E-state index contributed by atoms with van der Waals surface area (Å²) in [5.74, 6) is 0.547. The molecule has 35 heavy (non-hydrogen) atoms. The number of benzene rings is 3. The van der Waals surface area contributed by atoms with Crippen molar-refractivity contribution in [2.24, 2.45) is 5.10 Å². The van der Waals surface area contributed by atoms with E-state index in [9.17, 15) is 4.79 Å². The van der Waals surface area contributed by atoms with Crippen LogP contribution >= 0.6 is 11.3 Å². The Morgan fingerprint density at radius 2 is 1.63 bits per heavy atom. The molecule has 5 rings (SSSR count). The number of thiazole rings is 1. The third-order valence-electron chi connectivity index (χ3n) is 5.45. The molecule has 0 saturated heterocycles. The molecule has 4 aromatic rings. The van der Waals surface area contributed by atoms with E-state index in [1.807, 2.05) is 97.2 Å². The normalized spacial score (nSPS) is 14.3. The number of carbonyl (C=O) groups excluding carboxylic acids is 1. The van der Waals surface area contributed by atoms with Gasteiger partial charge in [0.25, 0.3) is 5.91 Å². The lowest BCUT2D eigenvalue weighted by Gasteiger charge is -2.11. The largest absolute Gasteiger partial charge is 0.492 e. The Hall–Kier alpha value is -4.23. The minimum Gasteiger partial charge on any atom is -0.492 e. The smallest absolute Gasteiger partial charge is 0.278 e. The summed E-state index contributed by atoms with van der Waals surface area (Å²) in [4.78, 5) is 18.2. The Labute approximate surface area is 208 Å². The molecule has 0 saturated carbocycles. The lowest BCUT2D eigenvalue weighted by atomic mass is 10.0. The van der Waals surface area contributed by atoms with E-state index in [-0.39, 0.29) is 5.91 Å². The summed E-state index contributed by atoms with van der Waals surface area (Å²) in [6.45, 7) is 2.80. The first-order chi connectivity index (χ1) is 17.2. The summed E-state index contributed by atoms with van der Waals surface area (Å²) in [7, 11) is 0. The van der Waals surface area contributed by atoms with Gasteiger partial charge in [0.1, 0.15) is 16.5 Å². The van der Waals surface area contributed by atoms with Crippen LogP contribution < -0.4 is 10.1 Å². The maximum absolute atomic E-state index is 13.5. The molecule has 0 spiro atoms. The van der Waals surface area contributed by atoms with Gasteiger partial charge in [0.15, 0.2) is 0 Å². The highest BCUT2D eigenvalue weighted by molar-refractivity contribution is 7.09. The third-order valence-corrected chi connectivity index (χ3v) is 6.29. The zero-order valence-electron chi connectivity index (χ0n) is 19.2. The molecule has 1 aromatic heterocycles. The standard InChI is InChI=1S/C28H24N4O2S/c1-2-34-25-16-10-9-15-23(25)29-17-22-27(21-13-7-4-8-14-21)31-32(28(22)33)18-26-30-24(19-35-26)20-11-5-3-6-12-20/h3-17,19,29H,2,18H2,1H3/b22-17+. The van der Waals surface area contributed by atoms with Crippen LogP contribution in [0.4, 0.5) is 5.69 Å². The highest BCUT2D eigenvalue weighted by Gasteiger charge is 2.31. The van der Waals surface area contributed by atoms with E-state index in [0.29, 0.717) is 24.4 Å². The molecule has 1 amide bonds. The molecule has 2 heterocycles. The minimum atomic E-state index is -0.179. The van der Waals surface area contributed by atoms with E-state index in [2.05, 4.69) is 5.32 Å². The summed E-state index contributed by atoms with van der Waals surface area (Å²) in [5, 5.41) is 12.3. The van der Waals surface area contributed by atoms with E-state index < -0.39 is 0 Å². The van der Waals surface area contributed by atoms with Gasteiger partial charge in [-0.05, 0) is 19.1 Å². The average Bonchev–Trinajstić information content (AvgIpc) is 3.50. The molecule has 0 fully saturated rings. The fourth-order valence-corrected chi connectivity index (χ4v) is 4.56. The topological polar surface area (TPSA) is 66.8 Å². The Morgan fingerprint density at radius 1 is 0.943 bits per heavy atom. The van der Waals surface area contributed by atoms with Gasteiger partial charge in [0.2, 0.25) is 0 Å². The molecule has 174 valence electrons. The lowest BCUT2D eigenvalue weighted by Crippen LogP contribution is -2.22. The van der Waals surface area contributed by atoms with Crippen LogP contribution in [0.1, 0.15) is 17.5 Å². The van der Waals surface area contributed by atoms with Crippen LogP contribution in [0.15, 0.2) is 107 Å². The monoisotopic (exact) mass is 480 g/mol. The van der Waals surface area contributed by atoms with Crippen molar-refractivity contribution in [3.63, 3.8) is 0 Å². The molecule has 7 heteroatoms. The predicted octanol–water partition coefficient (Wildman–Crippen LogP) is 5.95. The number of ether oxygens (including phenoxy) is 1. The number of carbonyl (C=O) groups is 1. The summed E-state index contributed by atoms with van der Waals surface area (Å²) >= 11 is 1.52. The number of amides is 1. The zero-order valence-corrected chi connectivity index (χ0v) is 20.0. The molecule has 1 aliphatic heterocycles. The van der Waals surface area contributed by atoms with Gasteiger partial charge in [-0.1, -0.05) is 72.8 Å². The number of hydrazone groups is 1. The zero-order chi connectivity index (χ0) is 24.0. The van der Waals surface area contributed by atoms with E-state index >= 15 is 0 Å². The predicted molar refractivity (Wildman–Crippen MR) is 140 cm³/mol. The Morgan fingerprint density at radius 3 is 2.37 bits per heavy atom. The average molecular weight is 481 g/mol. The van der Waals surface area contributed by atoms with Crippen LogP contribution in [0, 0.1) is 0 Å². The van der Waals surface area contributed by atoms with Crippen molar-refractivity contribution in [1.82, 2.24) is 9.99 Å². The number of rotatable bonds is 8. The van der Waals surface area contributed by atoms with Gasteiger partial charge in [0.05, 0.1) is 30.1 Å². The molecule has 1 aliphatic rings. The van der Waals surface area contributed by atoms with Gasteiger partial charge in [-0.25, -0.2) is 9.99 Å². The minimum absolute atomic E-state index is 0.179. The fourth-order valence-electron chi connectivity index (χ4n) is 3.78. The lowest BCUT2D eigenvalue weighted by molar-refractivity contribution is -0.126. The molecule has 0 bridgehead atoms. The van der Waals surface area contributed by atoms with Crippen LogP contribution in [-0.2, 0) is 11.3 Å². The second kappa shape index (κ2) is 10.4. The van der Waals surface area contributed by atoms with E-state index in [1.54, 1.807) is 6.20 Å². The van der Waals surface area contributed by atoms with E-state index in [4.69, 9.17) is 14.8 Å². The highest BCUT2D eigenvalue weighted by Crippen LogP contribution is 2.28. The maximum Gasteiger partial charge on any atom is 0.278 e. The number of nitrogens with one attached hydrogen (secondary N) is 1. The summed E-state index contributed by atoms with van der Waals surface area (Å²) < 4.78 is 5.71. The Balaban J connectivity index is 1.43. The van der Waals surface area contributed by atoms with Crippen LogP contribution in [0.2, 0.25) is 0 Å². The van der Waals surface area contributed by atoms with E-state index in [0.717, 1.165) is 33.3 Å². The van der Waals surface area contributed by atoms with Crippen LogP contribution in [0.25, 0.3) is 11.3 Å². The highest BCUT2D eigenvalue weighted by atomic mass is 32.1. The first-order valence-corrected chi connectivity index (χ1v) is 12.3. The molecule has 6 nitrogen and oxygen atoms in total. The molecule has 0 aliphatic carbocycles. The van der Waals surface area contributed by atoms with Crippen molar-refractivity contribution in [1.29, 1.82) is 0 Å². The van der Waals surface area contributed by atoms with Gasteiger partial charge in [-0.15, -0.1) is 11.3 Å². The van der Waals surface area contributed by atoms with Gasteiger partial charge in [-0.2, -0.15) is 5.10 Å². The number of hydrogen-bond donors (Lipinski definition) is 1. The Kier molecular flexibility index (Phi) is 6.68. The first-order valence-electron chi connectivity index (χ1n) is 11.4. The summed E-state index contributed by atoms with van der Waals surface area (Å²) in [5.41, 5.74) is 4.72. The van der Waals surface area contributed by atoms with Gasteiger partial charge in [-0.3, -0.25) is 4.79 Å². The molecular formula is C28H24N4O2S. The third kappa shape index (κ3) is 5.00. The maximum atomic E-state index is 13.5. The van der Waals surface area contributed by atoms with Crippen molar-refractivity contribution in [2.45, 2.75) is 13.5 Å². The van der Waals surface area contributed by atoms with Gasteiger partial charge in [0, 0.05) is 22.7 Å². The number of aromatic nitrogens is 1. The molecule has 3 aromatic carbocycles. The molecule has 0 unspecified atom stereocenters. The van der Waals surface area contributed by atoms with Crippen molar-refractivity contribution >= 4 is 28.6 Å². The van der Waals surface area contributed by atoms with Crippen molar-refractivity contribution in [2.75, 3.05) is 11.9 Å². The number of nitrogens with zero attached hydrogens (tertiary/aromatic N) is 3. The first kappa shape index (κ1) is 22.6. The Bertz CT molecular complexity index is 1380. The van der Waals surface area contributed by atoms with Crippen molar-refractivity contribution < 1.29 is 9.53 Å². The SMILES string of the molecule is CCOc1ccccc1N/C=C1/C(=O)N(Cc2nc(-c3ccccc3)cs2)N=C1c1ccccc1. The summed E-state index contributed by atoms with van der Waals surface area (Å²) in [6, 6.07) is 27.4. The van der Waals surface area contributed by atoms with Gasteiger partial charge < -0.3 is 10.1 Å². The summed E-state index contributed by atoms with van der Waals surface area (Å²) in [6.07, 6.45) is 1.71. The molecule has 1 N–H and O–H groups in total. The van der Waals surface area contributed by atoms with Crippen LogP contribution in [0.3, 0.4) is 0 Å².